The van der Waals surface area contributed by atoms with Gasteiger partial charge in [0.2, 0.25) is 5.39 Å². The summed E-state index contributed by atoms with van der Waals surface area (Å²) in [6.07, 6.45) is -3.83. The van der Waals surface area contributed by atoms with Crippen LogP contribution < -0.4 is 0 Å². The smallest absolute Gasteiger partial charge is 0.475 e. The Hall–Kier alpha value is -1.98. The van der Waals surface area contributed by atoms with Crippen molar-refractivity contribution in [3.8, 4) is 0 Å². The van der Waals surface area contributed by atoms with E-state index in [0.717, 1.165) is 0 Å². The number of alkyl halides is 3. The number of halogens is 3. The fraction of sp³-hybridized carbons (Fsp3) is 0.769. The summed E-state index contributed by atoms with van der Waals surface area (Å²) in [6, 6.07) is 0. The van der Waals surface area contributed by atoms with Gasteiger partial charge in [0.15, 0.2) is 11.6 Å². The Morgan fingerprint density at radius 2 is 1.77 bits per heavy atom. The molecule has 0 aromatic heterocycles. The topological polar surface area (TPSA) is 83.9 Å². The van der Waals surface area contributed by atoms with Crippen molar-refractivity contribution in [2.75, 3.05) is 6.61 Å². The van der Waals surface area contributed by atoms with Crippen LogP contribution in [-0.2, 0) is 14.3 Å². The molecule has 6 nitrogen and oxygen atoms in total. The minimum absolute atomic E-state index is 0.0929. The number of hydrogen-bond donors (Lipinski definition) is 1. The molecule has 0 heterocycles. The lowest BCUT2D eigenvalue weighted by atomic mass is 9.85. The largest absolute Gasteiger partial charge is 0.547 e. The van der Waals surface area contributed by atoms with Crippen LogP contribution in [0.2, 0.25) is 0 Å². The summed E-state index contributed by atoms with van der Waals surface area (Å²) in [5.74, 6) is -2.81. The van der Waals surface area contributed by atoms with Gasteiger partial charge in [0, 0.05) is 0 Å². The van der Waals surface area contributed by atoms with Crippen molar-refractivity contribution in [2.45, 2.75) is 52.3 Å². The molecule has 0 atom stereocenters. The first-order valence-electron chi connectivity index (χ1n) is 6.74. The molecular formula is C13H20F3N2O4+. The Bertz CT molecular complexity index is 463. The maximum Gasteiger partial charge on any atom is 0.547 e. The van der Waals surface area contributed by atoms with Gasteiger partial charge in [0.05, 0.1) is 0 Å². The molecule has 0 saturated carbocycles. The first-order chi connectivity index (χ1) is 10.0. The minimum atomic E-state index is -4.72. The van der Waals surface area contributed by atoms with Gasteiger partial charge in [0.1, 0.15) is 5.60 Å². The average molecular weight is 325 g/mol. The fourth-order valence-electron chi connectivity index (χ4n) is 1.95. The van der Waals surface area contributed by atoms with Crippen LogP contribution in [0.25, 0.3) is 4.98 Å². The molecule has 0 fully saturated rings. The summed E-state index contributed by atoms with van der Waals surface area (Å²) in [7, 11) is 0. The van der Waals surface area contributed by atoms with Crippen LogP contribution in [0, 0.1) is 11.3 Å². The van der Waals surface area contributed by atoms with E-state index in [1.807, 2.05) is 0 Å². The van der Waals surface area contributed by atoms with E-state index in [1.54, 1.807) is 27.7 Å². The molecule has 0 aromatic rings. The monoisotopic (exact) mass is 325 g/mol. The number of aliphatic hydroxyl groups is 1. The highest BCUT2D eigenvalue weighted by atomic mass is 19.4. The number of hydrogen-bond acceptors (Lipinski definition) is 5. The molecule has 0 unspecified atom stereocenters. The first-order valence-corrected chi connectivity index (χ1v) is 6.74. The molecule has 0 radical (unpaired) electrons. The Morgan fingerprint density at radius 3 is 2.09 bits per heavy atom. The second-order valence-corrected chi connectivity index (χ2v) is 4.97. The molecule has 9 heteroatoms. The fourth-order valence-corrected chi connectivity index (χ4v) is 1.95. The van der Waals surface area contributed by atoms with Crippen molar-refractivity contribution in [1.29, 1.82) is 5.39 Å². The van der Waals surface area contributed by atoms with Crippen molar-refractivity contribution in [3.63, 3.8) is 0 Å². The number of aliphatic hydroxyl groups excluding tert-OH is 1. The lowest BCUT2D eigenvalue weighted by Crippen LogP contribution is -2.39. The number of esters is 1. The predicted octanol–water partition coefficient (Wildman–Crippen LogP) is 3.90. The third-order valence-electron chi connectivity index (χ3n) is 3.41. The van der Waals surface area contributed by atoms with E-state index in [4.69, 9.17) is 10.1 Å². The molecule has 0 aliphatic carbocycles. The van der Waals surface area contributed by atoms with E-state index in [0.29, 0.717) is 12.8 Å². The second kappa shape index (κ2) is 7.87. The molecule has 0 rings (SSSR count). The Kier molecular flexibility index (Phi) is 7.16. The average Bonchev–Trinajstić information content (AvgIpc) is 2.42. The summed E-state index contributed by atoms with van der Waals surface area (Å²) in [5, 5.41) is 18.0. The van der Waals surface area contributed by atoms with E-state index < -0.39 is 36.0 Å². The third-order valence-corrected chi connectivity index (χ3v) is 3.41. The SMILES string of the molecule is CCC(CC)(OC(=O)/C([N+]#N)=C(/O)OCC(F)(F)F)C(C)C. The van der Waals surface area contributed by atoms with E-state index in [-0.39, 0.29) is 5.92 Å². The lowest BCUT2D eigenvalue weighted by Gasteiger charge is -2.34. The van der Waals surface area contributed by atoms with Crippen LogP contribution in [0.1, 0.15) is 40.5 Å². The van der Waals surface area contributed by atoms with Crippen LogP contribution in [0.15, 0.2) is 11.6 Å². The highest BCUT2D eigenvalue weighted by Crippen LogP contribution is 2.31. The van der Waals surface area contributed by atoms with Crippen LogP contribution in [0.3, 0.4) is 0 Å². The van der Waals surface area contributed by atoms with Crippen molar-refractivity contribution in [2.24, 2.45) is 5.92 Å². The summed E-state index contributed by atoms with van der Waals surface area (Å²) >= 11 is 0. The van der Waals surface area contributed by atoms with Gasteiger partial charge in [-0.3, -0.25) is 0 Å². The predicted molar refractivity (Wildman–Crippen MR) is 71.0 cm³/mol. The molecule has 126 valence electrons. The number of carbonyl (C=O) groups excluding carboxylic acids is 1. The lowest BCUT2D eigenvalue weighted by molar-refractivity contribution is -0.175. The zero-order chi connectivity index (χ0) is 17.6. The maximum absolute atomic E-state index is 12.0. The Labute approximate surface area is 126 Å². The van der Waals surface area contributed by atoms with E-state index in [1.165, 1.54) is 0 Å². The maximum atomic E-state index is 12.0. The van der Waals surface area contributed by atoms with E-state index >= 15 is 0 Å². The Morgan fingerprint density at radius 1 is 1.27 bits per heavy atom. The quantitative estimate of drug-likeness (QED) is 0.332. The summed E-state index contributed by atoms with van der Waals surface area (Å²) < 4.78 is 45.2. The van der Waals surface area contributed by atoms with Gasteiger partial charge in [0.25, 0.3) is 0 Å². The van der Waals surface area contributed by atoms with E-state index in [2.05, 4.69) is 9.71 Å². The molecule has 0 bridgehead atoms. The normalized spacial score (nSPS) is 13.4. The number of nitrogens with zero attached hydrogens (tertiary/aromatic N) is 2. The molecule has 0 aliphatic heterocycles. The molecule has 0 aliphatic rings. The zero-order valence-corrected chi connectivity index (χ0v) is 12.9. The summed E-state index contributed by atoms with van der Waals surface area (Å²) in [6.45, 7) is 5.33. The highest BCUT2D eigenvalue weighted by molar-refractivity contribution is 5.90. The van der Waals surface area contributed by atoms with Gasteiger partial charge in [-0.2, -0.15) is 13.2 Å². The van der Waals surface area contributed by atoms with E-state index in [9.17, 15) is 23.1 Å². The zero-order valence-electron chi connectivity index (χ0n) is 12.9. The van der Waals surface area contributed by atoms with Gasteiger partial charge >= 0.3 is 23.8 Å². The molecular weight excluding hydrogens is 305 g/mol. The molecule has 0 spiro atoms. The summed E-state index contributed by atoms with van der Waals surface area (Å²) in [4.78, 5) is 14.4. The van der Waals surface area contributed by atoms with Crippen molar-refractivity contribution >= 4 is 5.97 Å². The first kappa shape index (κ1) is 20.0. The van der Waals surface area contributed by atoms with Gasteiger partial charge < -0.3 is 14.6 Å². The molecule has 0 saturated heterocycles. The second-order valence-electron chi connectivity index (χ2n) is 4.97. The number of carbonyl (C=O) groups is 1. The van der Waals surface area contributed by atoms with Crippen LogP contribution in [0.5, 0.6) is 0 Å². The number of ether oxygens (including phenoxy) is 2. The van der Waals surface area contributed by atoms with Crippen molar-refractivity contribution in [1.82, 2.24) is 0 Å². The highest BCUT2D eigenvalue weighted by Gasteiger charge is 2.42. The van der Waals surface area contributed by atoms with Gasteiger partial charge in [-0.1, -0.05) is 27.7 Å². The van der Waals surface area contributed by atoms with Crippen molar-refractivity contribution in [3.05, 3.63) is 16.6 Å². The molecule has 0 amide bonds. The summed E-state index contributed by atoms with van der Waals surface area (Å²) in [5.41, 5.74) is -2.01. The van der Waals surface area contributed by atoms with Crippen molar-refractivity contribution < 1.29 is 32.5 Å². The number of rotatable bonds is 7. The van der Waals surface area contributed by atoms with Crippen LogP contribution in [-0.4, -0.2) is 29.5 Å². The van der Waals surface area contributed by atoms with Gasteiger partial charge in [-0.05, 0) is 18.8 Å². The number of diazo groups is 1. The van der Waals surface area contributed by atoms with Crippen LogP contribution >= 0.6 is 0 Å². The minimum Gasteiger partial charge on any atom is -0.475 e. The third kappa shape index (κ3) is 5.42. The molecule has 22 heavy (non-hydrogen) atoms. The van der Waals surface area contributed by atoms with Gasteiger partial charge in [-0.15, -0.1) is 0 Å². The van der Waals surface area contributed by atoms with Gasteiger partial charge in [-0.25, -0.2) is 4.79 Å². The standard InChI is InChI=1S/C13H19F3N2O4/c1-5-12(6-2,8(3)4)22-11(20)9(18-17)10(19)21-7-13(14,15)16/h8H,5-7H2,1-4H3/p+1. The molecule has 1 N–H and O–H groups in total. The van der Waals surface area contributed by atoms with Crippen LogP contribution in [0.4, 0.5) is 13.2 Å². The molecule has 0 aromatic carbocycles. The Balaban J connectivity index is 5.25.